The van der Waals surface area contributed by atoms with Crippen LogP contribution in [0.3, 0.4) is 0 Å². The van der Waals surface area contributed by atoms with E-state index in [2.05, 4.69) is 5.90 Å². The molecule has 0 heterocycles. The summed E-state index contributed by atoms with van der Waals surface area (Å²) in [5, 5.41) is 24.6. The highest BCUT2D eigenvalue weighted by Gasteiger charge is 2.14. The van der Waals surface area contributed by atoms with Gasteiger partial charge in [-0.2, -0.15) is 5.90 Å². The number of carboxylic acids is 2. The molecule has 10 heteroatoms. The summed E-state index contributed by atoms with van der Waals surface area (Å²) in [7, 11) is 2.41. The third kappa shape index (κ3) is 10.0. The Hall–Kier alpha value is -0.520. The second kappa shape index (κ2) is 11.0. The Morgan fingerprint density at radius 1 is 0.938 bits per heavy atom. The molecule has 0 aromatic heterocycles. The number of aliphatic carboxylic acids is 2. The minimum Gasteiger partial charge on any atom is -0.480 e. The minimum absolute atomic E-state index is 0.229. The Labute approximate surface area is 99.9 Å². The molecule has 16 heavy (non-hydrogen) atoms. The third-order valence-electron chi connectivity index (χ3n) is 1.21. The predicted molar refractivity (Wildman–Crippen MR) is 61.0 cm³/mol. The summed E-state index contributed by atoms with van der Waals surface area (Å²) in [4.78, 5) is 20.5. The van der Waals surface area contributed by atoms with Gasteiger partial charge in [0.1, 0.15) is 12.1 Å². The normalized spacial score (nSPS) is 13.2. The van der Waals surface area contributed by atoms with Crippen LogP contribution in [0.15, 0.2) is 0 Å². The van der Waals surface area contributed by atoms with Crippen molar-refractivity contribution in [1.29, 1.82) is 0 Å². The average molecular weight is 272 g/mol. The van der Waals surface area contributed by atoms with E-state index < -0.39 is 24.0 Å². The summed E-state index contributed by atoms with van der Waals surface area (Å²) in [5.74, 6) is 1.57. The number of nitrogens with two attached hydrogens (primary N) is 3. The van der Waals surface area contributed by atoms with Gasteiger partial charge in [-0.25, -0.2) is 0 Å². The van der Waals surface area contributed by atoms with E-state index >= 15 is 0 Å². The maximum atomic E-state index is 10.3. The van der Waals surface area contributed by atoms with Crippen LogP contribution in [0.1, 0.15) is 0 Å². The highest BCUT2D eigenvalue weighted by atomic mass is 33.1. The van der Waals surface area contributed by atoms with E-state index in [1.807, 2.05) is 0 Å². The van der Waals surface area contributed by atoms with E-state index in [9.17, 15) is 9.59 Å². The molecule has 0 aromatic rings. The zero-order chi connectivity index (χ0) is 13.1. The Morgan fingerprint density at radius 3 is 1.38 bits per heavy atom. The van der Waals surface area contributed by atoms with Crippen molar-refractivity contribution in [3.05, 3.63) is 0 Å². The van der Waals surface area contributed by atoms with Gasteiger partial charge in [0.25, 0.3) is 0 Å². The molecule has 0 aliphatic rings. The van der Waals surface area contributed by atoms with E-state index in [0.717, 1.165) is 0 Å². The highest BCUT2D eigenvalue weighted by molar-refractivity contribution is 8.76. The lowest BCUT2D eigenvalue weighted by molar-refractivity contribution is -0.138. The quantitative estimate of drug-likeness (QED) is 0.209. The Kier molecular flexibility index (Phi) is 12.3. The summed E-state index contributed by atoms with van der Waals surface area (Å²) < 4.78 is 0. The summed E-state index contributed by atoms with van der Waals surface area (Å²) in [6.07, 6.45) is 0. The third-order valence-corrected chi connectivity index (χ3v) is 3.69. The zero-order valence-electron chi connectivity index (χ0n) is 8.24. The number of carbonyl (C=O) groups is 2. The van der Waals surface area contributed by atoms with E-state index in [1.54, 1.807) is 0 Å². The van der Waals surface area contributed by atoms with Crippen LogP contribution in [0.5, 0.6) is 0 Å². The van der Waals surface area contributed by atoms with Crippen molar-refractivity contribution in [2.75, 3.05) is 11.5 Å². The molecule has 0 saturated heterocycles. The lowest BCUT2D eigenvalue weighted by Crippen LogP contribution is -2.33. The molecule has 0 saturated carbocycles. The smallest absolute Gasteiger partial charge is 0.321 e. The predicted octanol–water partition coefficient (Wildman–Crippen LogP) is -1.52. The molecule has 2 atom stereocenters. The summed E-state index contributed by atoms with van der Waals surface area (Å²) in [5.41, 5.74) is 10.4. The molecule has 0 aromatic carbocycles. The zero-order valence-corrected chi connectivity index (χ0v) is 9.87. The monoisotopic (exact) mass is 272 g/mol. The van der Waals surface area contributed by atoms with Crippen molar-refractivity contribution < 1.29 is 25.0 Å². The molecule has 8 nitrogen and oxygen atoms in total. The van der Waals surface area contributed by atoms with Gasteiger partial charge in [-0.05, 0) is 0 Å². The first-order valence-electron chi connectivity index (χ1n) is 3.90. The fourth-order valence-corrected chi connectivity index (χ4v) is 2.61. The van der Waals surface area contributed by atoms with Crippen LogP contribution < -0.4 is 17.4 Å². The standard InChI is InChI=1S/C6H12N2O4S2.H2NO/c7-3(5(9)10)1-13-14-2-4(8)6(11)12;1-2/h3-4H,1-2,7-8H2,(H,9,10)(H,11,12);1H2. The van der Waals surface area contributed by atoms with Gasteiger partial charge in [-0.3, -0.25) is 9.59 Å². The second-order valence-electron chi connectivity index (χ2n) is 2.46. The van der Waals surface area contributed by atoms with Crippen LogP contribution >= 0.6 is 21.6 Å². The molecule has 0 amide bonds. The van der Waals surface area contributed by atoms with Gasteiger partial charge in [0.2, 0.25) is 0 Å². The molecule has 1 radical (unpaired) electrons. The van der Waals surface area contributed by atoms with Gasteiger partial charge in [-0.15, -0.1) is 5.21 Å². The van der Waals surface area contributed by atoms with Gasteiger partial charge in [-0.1, -0.05) is 21.6 Å². The first-order chi connectivity index (χ1) is 7.45. The van der Waals surface area contributed by atoms with Crippen LogP contribution in [-0.4, -0.2) is 45.7 Å². The molecule has 0 fully saturated rings. The van der Waals surface area contributed by atoms with Crippen molar-refractivity contribution in [1.82, 2.24) is 0 Å². The van der Waals surface area contributed by atoms with Crippen LogP contribution in [0.4, 0.5) is 0 Å². The molecule has 2 unspecified atom stereocenters. The van der Waals surface area contributed by atoms with Crippen molar-refractivity contribution in [3.8, 4) is 0 Å². The molecular formula is C6H14N3O5S2. The molecule has 95 valence electrons. The van der Waals surface area contributed by atoms with E-state index in [1.165, 1.54) is 21.6 Å². The molecule has 8 N–H and O–H groups in total. The number of carboxylic acid groups (broad SMARTS) is 2. The van der Waals surface area contributed by atoms with Gasteiger partial charge in [0.15, 0.2) is 0 Å². The molecular weight excluding hydrogens is 258 g/mol. The van der Waals surface area contributed by atoms with E-state index in [4.69, 9.17) is 26.9 Å². The number of rotatable bonds is 7. The Bertz CT molecular complexity index is 196. The fourth-order valence-electron chi connectivity index (χ4n) is 0.385. The Morgan fingerprint density at radius 2 is 1.19 bits per heavy atom. The lowest BCUT2D eigenvalue weighted by atomic mass is 10.4. The maximum Gasteiger partial charge on any atom is 0.321 e. The average Bonchev–Trinajstić information content (AvgIpc) is 2.26. The van der Waals surface area contributed by atoms with Crippen LogP contribution in [-0.2, 0) is 14.8 Å². The van der Waals surface area contributed by atoms with Gasteiger partial charge in [0, 0.05) is 11.5 Å². The fraction of sp³-hybridized carbons (Fsp3) is 0.667. The minimum atomic E-state index is -1.07. The topological polar surface area (TPSA) is 173 Å². The van der Waals surface area contributed by atoms with Gasteiger partial charge < -0.3 is 21.7 Å². The van der Waals surface area contributed by atoms with Gasteiger partial charge in [0.05, 0.1) is 0 Å². The SMILES string of the molecule is NC(CSSCC(N)C(=O)O)C(=O)O.N[O]. The first-order valence-corrected chi connectivity index (χ1v) is 6.38. The number of hydrogen-bond acceptors (Lipinski definition) is 7. The van der Waals surface area contributed by atoms with Crippen molar-refractivity contribution in [2.24, 2.45) is 17.4 Å². The van der Waals surface area contributed by atoms with Crippen LogP contribution in [0, 0.1) is 0 Å². The first kappa shape index (κ1) is 17.9. The molecule has 0 aliphatic heterocycles. The number of hydrogen-bond donors (Lipinski definition) is 5. The van der Waals surface area contributed by atoms with Crippen molar-refractivity contribution in [2.45, 2.75) is 12.1 Å². The second-order valence-corrected chi connectivity index (χ2v) is 5.01. The summed E-state index contributed by atoms with van der Waals surface area (Å²) in [6, 6.07) is -1.85. The molecule has 0 spiro atoms. The summed E-state index contributed by atoms with van der Waals surface area (Å²) >= 11 is 0. The van der Waals surface area contributed by atoms with Crippen molar-refractivity contribution in [3.63, 3.8) is 0 Å². The molecule has 0 bridgehead atoms. The van der Waals surface area contributed by atoms with E-state index in [0.29, 0.717) is 0 Å². The van der Waals surface area contributed by atoms with Crippen LogP contribution in [0.2, 0.25) is 0 Å². The molecule has 0 aliphatic carbocycles. The highest BCUT2D eigenvalue weighted by Crippen LogP contribution is 2.22. The summed E-state index contributed by atoms with van der Waals surface area (Å²) in [6.45, 7) is 0. The lowest BCUT2D eigenvalue weighted by Gasteiger charge is -2.07. The largest absolute Gasteiger partial charge is 0.480 e. The van der Waals surface area contributed by atoms with Gasteiger partial charge >= 0.3 is 11.9 Å². The molecule has 0 rings (SSSR count). The van der Waals surface area contributed by atoms with Crippen LogP contribution in [0.25, 0.3) is 0 Å². The van der Waals surface area contributed by atoms with E-state index in [-0.39, 0.29) is 11.5 Å². The van der Waals surface area contributed by atoms with Crippen molar-refractivity contribution >= 4 is 33.5 Å². The maximum absolute atomic E-state index is 10.3. The Balaban J connectivity index is 0.